The number of H-pyrrole nitrogens is 1. The van der Waals surface area contributed by atoms with Crippen molar-refractivity contribution >= 4 is 11.9 Å². The Morgan fingerprint density at radius 1 is 1.73 bits per heavy atom. The number of carboxylic acids is 1. The van der Waals surface area contributed by atoms with Gasteiger partial charge in [-0.1, -0.05) is 0 Å². The van der Waals surface area contributed by atoms with Crippen LogP contribution in [0.3, 0.4) is 0 Å². The highest BCUT2D eigenvalue weighted by Crippen LogP contribution is 1.91. The summed E-state index contributed by atoms with van der Waals surface area (Å²) in [7, 11) is 1.25. The first-order valence-electron chi connectivity index (χ1n) is 4.04. The lowest BCUT2D eigenvalue weighted by atomic mass is 10.3. The van der Waals surface area contributed by atoms with Crippen LogP contribution in [0.15, 0.2) is 6.20 Å². The van der Waals surface area contributed by atoms with Crippen molar-refractivity contribution in [2.45, 2.75) is 6.10 Å². The summed E-state index contributed by atoms with van der Waals surface area (Å²) in [5, 5.41) is 20.2. The van der Waals surface area contributed by atoms with Crippen molar-refractivity contribution in [3.8, 4) is 0 Å². The molecule has 0 aliphatic heterocycles. The monoisotopic (exact) mass is 214 g/mol. The van der Waals surface area contributed by atoms with E-state index in [0.717, 1.165) is 0 Å². The maximum Gasteiger partial charge on any atom is 0.334 e. The van der Waals surface area contributed by atoms with Crippen LogP contribution in [0.2, 0.25) is 0 Å². The van der Waals surface area contributed by atoms with E-state index in [2.05, 4.69) is 25.5 Å². The van der Waals surface area contributed by atoms with Gasteiger partial charge in [0.25, 0.3) is 5.91 Å². The van der Waals surface area contributed by atoms with Gasteiger partial charge in [-0.05, 0) is 0 Å². The minimum absolute atomic E-state index is 0.0928. The van der Waals surface area contributed by atoms with Crippen LogP contribution in [0.5, 0.6) is 0 Å². The average Bonchev–Trinajstić information content (AvgIpc) is 2.70. The van der Waals surface area contributed by atoms with E-state index in [1.54, 1.807) is 0 Å². The topological polar surface area (TPSA) is 117 Å². The molecule has 1 atom stereocenters. The van der Waals surface area contributed by atoms with E-state index in [1.165, 1.54) is 13.3 Å². The lowest BCUT2D eigenvalue weighted by molar-refractivity contribution is -0.148. The van der Waals surface area contributed by atoms with Gasteiger partial charge in [0.15, 0.2) is 11.8 Å². The zero-order valence-electron chi connectivity index (χ0n) is 7.93. The van der Waals surface area contributed by atoms with Crippen LogP contribution in [0.4, 0.5) is 0 Å². The molecule has 0 aromatic carbocycles. The zero-order valence-corrected chi connectivity index (χ0v) is 7.93. The SMILES string of the molecule is COC(CNC(=O)c1cn[nH]n1)C(=O)O. The Kier molecular flexibility index (Phi) is 3.75. The largest absolute Gasteiger partial charge is 0.479 e. The van der Waals surface area contributed by atoms with Gasteiger partial charge >= 0.3 is 5.97 Å². The summed E-state index contributed by atoms with van der Waals surface area (Å²) in [4.78, 5) is 21.8. The van der Waals surface area contributed by atoms with Gasteiger partial charge in [-0.3, -0.25) is 4.79 Å². The molecule has 8 heteroatoms. The first-order valence-corrected chi connectivity index (χ1v) is 4.04. The number of carboxylic acid groups (broad SMARTS) is 1. The highest BCUT2D eigenvalue weighted by atomic mass is 16.5. The number of ether oxygens (including phenoxy) is 1. The minimum atomic E-state index is -1.14. The van der Waals surface area contributed by atoms with E-state index in [0.29, 0.717) is 0 Å². The van der Waals surface area contributed by atoms with Gasteiger partial charge in [0.1, 0.15) is 0 Å². The highest BCUT2D eigenvalue weighted by molar-refractivity contribution is 5.92. The molecule has 1 rings (SSSR count). The fourth-order valence-corrected chi connectivity index (χ4v) is 0.858. The van der Waals surface area contributed by atoms with E-state index >= 15 is 0 Å². The number of rotatable bonds is 5. The number of hydrogen-bond acceptors (Lipinski definition) is 5. The predicted molar refractivity (Wildman–Crippen MR) is 47.1 cm³/mol. The van der Waals surface area contributed by atoms with Crippen molar-refractivity contribution in [2.75, 3.05) is 13.7 Å². The molecule has 0 aliphatic carbocycles. The second-order valence-electron chi connectivity index (χ2n) is 2.63. The lowest BCUT2D eigenvalue weighted by Gasteiger charge is -2.10. The molecule has 1 unspecified atom stereocenters. The number of methoxy groups -OCH3 is 1. The molecule has 0 spiro atoms. The maximum absolute atomic E-state index is 11.3. The number of aliphatic carboxylic acids is 1. The second kappa shape index (κ2) is 5.05. The van der Waals surface area contributed by atoms with Crippen LogP contribution in [0.25, 0.3) is 0 Å². The molecule has 0 aliphatic rings. The Morgan fingerprint density at radius 3 is 2.93 bits per heavy atom. The quantitative estimate of drug-likeness (QED) is 0.557. The van der Waals surface area contributed by atoms with Gasteiger partial charge in [-0.15, -0.1) is 0 Å². The van der Waals surface area contributed by atoms with E-state index < -0.39 is 18.0 Å². The lowest BCUT2D eigenvalue weighted by Crippen LogP contribution is -2.37. The summed E-state index contributed by atoms with van der Waals surface area (Å²) < 4.78 is 4.62. The molecule has 1 aromatic heterocycles. The third-order valence-corrected chi connectivity index (χ3v) is 1.66. The standard InChI is InChI=1S/C7H10N4O4/c1-15-5(7(13)14)3-8-6(12)4-2-9-11-10-4/h2,5H,3H2,1H3,(H,8,12)(H,13,14)(H,9,10,11). The molecule has 3 N–H and O–H groups in total. The Morgan fingerprint density at radius 2 is 2.47 bits per heavy atom. The third kappa shape index (κ3) is 3.02. The summed E-state index contributed by atoms with van der Waals surface area (Å²) >= 11 is 0. The highest BCUT2D eigenvalue weighted by Gasteiger charge is 2.18. The van der Waals surface area contributed by atoms with Crippen molar-refractivity contribution < 1.29 is 19.4 Å². The number of aromatic nitrogens is 3. The maximum atomic E-state index is 11.3. The van der Waals surface area contributed by atoms with Crippen LogP contribution >= 0.6 is 0 Å². The molecule has 8 nitrogen and oxygen atoms in total. The Bertz CT molecular complexity index is 337. The Balaban J connectivity index is 2.43. The van der Waals surface area contributed by atoms with Gasteiger partial charge in [0.2, 0.25) is 0 Å². The van der Waals surface area contributed by atoms with Gasteiger partial charge < -0.3 is 15.2 Å². The third-order valence-electron chi connectivity index (χ3n) is 1.66. The summed E-state index contributed by atoms with van der Waals surface area (Å²) in [6.07, 6.45) is 0.165. The minimum Gasteiger partial charge on any atom is -0.479 e. The molecule has 0 saturated heterocycles. The van der Waals surface area contributed by atoms with Crippen molar-refractivity contribution in [1.82, 2.24) is 20.7 Å². The number of nitrogens with zero attached hydrogens (tertiary/aromatic N) is 2. The summed E-state index contributed by atoms with van der Waals surface area (Å²) in [6.45, 7) is -0.127. The molecule has 0 bridgehead atoms. The molecule has 15 heavy (non-hydrogen) atoms. The first-order chi connectivity index (χ1) is 7.15. The molecule has 0 fully saturated rings. The zero-order chi connectivity index (χ0) is 11.3. The molecule has 1 aromatic rings. The average molecular weight is 214 g/mol. The number of carbonyl (C=O) groups excluding carboxylic acids is 1. The van der Waals surface area contributed by atoms with E-state index in [4.69, 9.17) is 5.11 Å². The van der Waals surface area contributed by atoms with Crippen LogP contribution < -0.4 is 5.32 Å². The number of carbonyl (C=O) groups is 2. The van der Waals surface area contributed by atoms with E-state index in [1.807, 2.05) is 0 Å². The van der Waals surface area contributed by atoms with Gasteiger partial charge in [-0.25, -0.2) is 4.79 Å². The first kappa shape index (κ1) is 11.1. The predicted octanol–water partition coefficient (Wildman–Crippen LogP) is -1.37. The van der Waals surface area contributed by atoms with Gasteiger partial charge in [0.05, 0.1) is 12.7 Å². The second-order valence-corrected chi connectivity index (χ2v) is 2.63. The van der Waals surface area contributed by atoms with Gasteiger partial charge in [0, 0.05) is 7.11 Å². The summed E-state index contributed by atoms with van der Waals surface area (Å²) in [5.74, 6) is -1.65. The number of nitrogens with one attached hydrogen (secondary N) is 2. The number of hydrogen-bond donors (Lipinski definition) is 3. The van der Waals surface area contributed by atoms with Crippen molar-refractivity contribution in [1.29, 1.82) is 0 Å². The number of aromatic amines is 1. The van der Waals surface area contributed by atoms with Crippen molar-refractivity contribution in [2.24, 2.45) is 0 Å². The smallest absolute Gasteiger partial charge is 0.334 e. The van der Waals surface area contributed by atoms with E-state index in [9.17, 15) is 9.59 Å². The van der Waals surface area contributed by atoms with Crippen LogP contribution in [0.1, 0.15) is 10.5 Å². The fraction of sp³-hybridized carbons (Fsp3) is 0.429. The number of amides is 1. The molecule has 1 amide bonds. The summed E-state index contributed by atoms with van der Waals surface area (Å²) in [6, 6.07) is 0. The van der Waals surface area contributed by atoms with Crippen molar-refractivity contribution in [3.05, 3.63) is 11.9 Å². The molecule has 0 saturated carbocycles. The van der Waals surface area contributed by atoms with Gasteiger partial charge in [-0.2, -0.15) is 15.4 Å². The van der Waals surface area contributed by atoms with Crippen LogP contribution in [-0.2, 0) is 9.53 Å². The molecular formula is C7H10N4O4. The molecular weight excluding hydrogens is 204 g/mol. The Hall–Kier alpha value is -1.96. The van der Waals surface area contributed by atoms with E-state index in [-0.39, 0.29) is 12.2 Å². The van der Waals surface area contributed by atoms with Crippen molar-refractivity contribution in [3.63, 3.8) is 0 Å². The van der Waals surface area contributed by atoms with Crippen LogP contribution in [0, 0.1) is 0 Å². The summed E-state index contributed by atoms with van der Waals surface area (Å²) in [5.41, 5.74) is 0.0928. The molecule has 0 radical (unpaired) electrons. The fourth-order valence-electron chi connectivity index (χ4n) is 0.858. The Labute approximate surface area is 84.6 Å². The molecule has 82 valence electrons. The molecule has 1 heterocycles. The normalized spacial score (nSPS) is 12.1. The van der Waals surface area contributed by atoms with Crippen LogP contribution in [-0.4, -0.2) is 52.2 Å².